The van der Waals surface area contributed by atoms with Crippen molar-refractivity contribution in [2.45, 2.75) is 19.4 Å². The number of rotatable bonds is 6. The average molecular weight is 338 g/mol. The fourth-order valence-corrected chi connectivity index (χ4v) is 2.11. The van der Waals surface area contributed by atoms with Gasteiger partial charge in [-0.2, -0.15) is 5.26 Å². The Morgan fingerprint density at radius 1 is 1.20 bits per heavy atom. The summed E-state index contributed by atoms with van der Waals surface area (Å²) in [7, 11) is 1.57. The highest BCUT2D eigenvalue weighted by Crippen LogP contribution is 2.13. The maximum Gasteiger partial charge on any atom is 0.311 e. The molecule has 0 saturated heterocycles. The van der Waals surface area contributed by atoms with Crippen LogP contribution in [0.3, 0.4) is 0 Å². The summed E-state index contributed by atoms with van der Waals surface area (Å²) in [6.45, 7) is 1.50. The lowest BCUT2D eigenvalue weighted by atomic mass is 10.1. The van der Waals surface area contributed by atoms with Gasteiger partial charge in [-0.05, 0) is 42.8 Å². The molecule has 128 valence electrons. The van der Waals surface area contributed by atoms with E-state index in [-0.39, 0.29) is 6.42 Å². The number of hydrogen-bond acceptors (Lipinski definition) is 5. The lowest BCUT2D eigenvalue weighted by molar-refractivity contribution is -0.152. The minimum Gasteiger partial charge on any atom is -0.497 e. The Labute approximate surface area is 146 Å². The molecule has 0 heterocycles. The fraction of sp³-hybridized carbons (Fsp3) is 0.211. The monoisotopic (exact) mass is 338 g/mol. The first-order valence-corrected chi connectivity index (χ1v) is 7.65. The number of ether oxygens (including phenoxy) is 2. The Kier molecular flexibility index (Phi) is 6.13. The Hall–Kier alpha value is -3.33. The molecule has 0 spiro atoms. The molecule has 0 aromatic heterocycles. The van der Waals surface area contributed by atoms with Gasteiger partial charge in [-0.15, -0.1) is 0 Å². The second-order valence-corrected chi connectivity index (χ2v) is 5.34. The molecular weight excluding hydrogens is 320 g/mol. The molecule has 25 heavy (non-hydrogen) atoms. The standard InChI is InChI=1S/C19H18N2O4/c1-13(19(23)21-16-5-3-4-15(10-16)12-20)25-18(22)11-14-6-8-17(24-2)9-7-14/h3-10,13H,11H2,1-2H3,(H,21,23). The van der Waals surface area contributed by atoms with E-state index in [1.165, 1.54) is 6.92 Å². The summed E-state index contributed by atoms with van der Waals surface area (Å²) in [6.07, 6.45) is -0.887. The Bertz CT molecular complexity index is 794. The van der Waals surface area contributed by atoms with E-state index in [1.807, 2.05) is 6.07 Å². The first-order chi connectivity index (χ1) is 12.0. The number of carbonyl (C=O) groups excluding carboxylic acids is 2. The molecule has 1 amide bonds. The molecule has 2 aromatic carbocycles. The van der Waals surface area contributed by atoms with Crippen LogP contribution in [0.5, 0.6) is 5.75 Å². The third-order valence-corrected chi connectivity index (χ3v) is 3.44. The molecular formula is C19H18N2O4. The third-order valence-electron chi connectivity index (χ3n) is 3.44. The van der Waals surface area contributed by atoms with E-state index in [9.17, 15) is 9.59 Å². The zero-order valence-corrected chi connectivity index (χ0v) is 14.0. The SMILES string of the molecule is COc1ccc(CC(=O)OC(C)C(=O)Nc2cccc(C#N)c2)cc1. The lowest BCUT2D eigenvalue weighted by Gasteiger charge is -2.14. The van der Waals surface area contributed by atoms with Crippen LogP contribution in [0.25, 0.3) is 0 Å². The normalized spacial score (nSPS) is 11.1. The molecule has 2 rings (SSSR count). The smallest absolute Gasteiger partial charge is 0.311 e. The number of nitrogens with zero attached hydrogens (tertiary/aromatic N) is 1. The van der Waals surface area contributed by atoms with Crippen LogP contribution in [-0.4, -0.2) is 25.1 Å². The highest BCUT2D eigenvalue weighted by atomic mass is 16.5. The van der Waals surface area contributed by atoms with Crippen LogP contribution in [0.2, 0.25) is 0 Å². The average Bonchev–Trinajstić information content (AvgIpc) is 2.62. The number of nitriles is 1. The van der Waals surface area contributed by atoms with Gasteiger partial charge in [0.2, 0.25) is 0 Å². The summed E-state index contributed by atoms with van der Waals surface area (Å²) in [5.74, 6) is -0.263. The number of carbonyl (C=O) groups is 2. The van der Waals surface area contributed by atoms with Crippen LogP contribution < -0.4 is 10.1 Å². The van der Waals surface area contributed by atoms with Gasteiger partial charge in [-0.25, -0.2) is 0 Å². The number of benzene rings is 2. The van der Waals surface area contributed by atoms with Gasteiger partial charge in [0.15, 0.2) is 6.10 Å². The predicted octanol–water partition coefficient (Wildman–Crippen LogP) is 2.68. The number of methoxy groups -OCH3 is 1. The van der Waals surface area contributed by atoms with Crippen LogP contribution in [0.15, 0.2) is 48.5 Å². The molecule has 2 aromatic rings. The van der Waals surface area contributed by atoms with Crippen molar-refractivity contribution in [3.63, 3.8) is 0 Å². The summed E-state index contributed by atoms with van der Waals surface area (Å²) in [4.78, 5) is 24.1. The predicted molar refractivity (Wildman–Crippen MR) is 92.0 cm³/mol. The van der Waals surface area contributed by atoms with Crippen LogP contribution in [0, 0.1) is 11.3 Å². The Morgan fingerprint density at radius 2 is 1.92 bits per heavy atom. The van der Waals surface area contributed by atoms with Crippen LogP contribution in [-0.2, 0) is 20.7 Å². The van der Waals surface area contributed by atoms with Gasteiger partial charge in [-0.3, -0.25) is 9.59 Å². The van der Waals surface area contributed by atoms with Crippen LogP contribution in [0.1, 0.15) is 18.1 Å². The van der Waals surface area contributed by atoms with Gasteiger partial charge >= 0.3 is 5.97 Å². The molecule has 0 aliphatic heterocycles. The zero-order chi connectivity index (χ0) is 18.2. The third kappa shape index (κ3) is 5.36. The van der Waals surface area contributed by atoms with Gasteiger partial charge in [0.05, 0.1) is 25.2 Å². The van der Waals surface area contributed by atoms with Crippen molar-refractivity contribution >= 4 is 17.6 Å². The minimum absolute atomic E-state index is 0.0610. The highest BCUT2D eigenvalue weighted by molar-refractivity contribution is 5.95. The van der Waals surface area contributed by atoms with Crippen LogP contribution >= 0.6 is 0 Å². The van der Waals surface area contributed by atoms with Gasteiger partial charge in [-0.1, -0.05) is 18.2 Å². The molecule has 1 atom stereocenters. The molecule has 0 aliphatic carbocycles. The molecule has 0 bridgehead atoms. The van der Waals surface area contributed by atoms with Crippen molar-refractivity contribution in [3.8, 4) is 11.8 Å². The topological polar surface area (TPSA) is 88.4 Å². The number of esters is 1. The first-order valence-electron chi connectivity index (χ1n) is 7.65. The minimum atomic E-state index is -0.948. The van der Waals surface area contributed by atoms with E-state index in [0.29, 0.717) is 17.0 Å². The Balaban J connectivity index is 1.88. The molecule has 1 N–H and O–H groups in total. The van der Waals surface area contributed by atoms with E-state index < -0.39 is 18.0 Å². The molecule has 1 unspecified atom stereocenters. The molecule has 6 heteroatoms. The Morgan fingerprint density at radius 3 is 2.56 bits per heavy atom. The molecule has 6 nitrogen and oxygen atoms in total. The molecule has 0 radical (unpaired) electrons. The number of anilines is 1. The lowest BCUT2D eigenvalue weighted by Crippen LogP contribution is -2.30. The van der Waals surface area contributed by atoms with E-state index in [4.69, 9.17) is 14.7 Å². The molecule has 0 fully saturated rings. The summed E-state index contributed by atoms with van der Waals surface area (Å²) >= 11 is 0. The van der Waals surface area contributed by atoms with Crippen molar-refractivity contribution in [3.05, 3.63) is 59.7 Å². The van der Waals surface area contributed by atoms with Crippen molar-refractivity contribution in [2.24, 2.45) is 0 Å². The second-order valence-electron chi connectivity index (χ2n) is 5.34. The second kappa shape index (κ2) is 8.50. The van der Waals surface area contributed by atoms with E-state index in [2.05, 4.69) is 5.32 Å². The largest absolute Gasteiger partial charge is 0.497 e. The number of hydrogen-bond donors (Lipinski definition) is 1. The molecule has 0 aliphatic rings. The summed E-state index contributed by atoms with van der Waals surface area (Å²) in [5.41, 5.74) is 1.67. The number of nitrogens with one attached hydrogen (secondary N) is 1. The maximum atomic E-state index is 12.1. The first kappa shape index (κ1) is 18.0. The van der Waals surface area contributed by atoms with Crippen LogP contribution in [0.4, 0.5) is 5.69 Å². The van der Waals surface area contributed by atoms with Crippen molar-refractivity contribution < 1.29 is 19.1 Å². The quantitative estimate of drug-likeness (QED) is 0.818. The van der Waals surface area contributed by atoms with Gasteiger partial charge in [0, 0.05) is 5.69 Å². The van der Waals surface area contributed by atoms with Crippen molar-refractivity contribution in [2.75, 3.05) is 12.4 Å². The van der Waals surface area contributed by atoms with E-state index in [1.54, 1.807) is 55.6 Å². The molecule has 0 saturated carbocycles. The van der Waals surface area contributed by atoms with Crippen molar-refractivity contribution in [1.82, 2.24) is 0 Å². The summed E-state index contributed by atoms with van der Waals surface area (Å²) < 4.78 is 10.2. The van der Waals surface area contributed by atoms with Gasteiger partial charge in [0.25, 0.3) is 5.91 Å². The van der Waals surface area contributed by atoms with Gasteiger partial charge in [0.1, 0.15) is 5.75 Å². The fourth-order valence-electron chi connectivity index (χ4n) is 2.11. The highest BCUT2D eigenvalue weighted by Gasteiger charge is 2.18. The summed E-state index contributed by atoms with van der Waals surface area (Å²) in [6, 6.07) is 15.5. The number of amides is 1. The van der Waals surface area contributed by atoms with Gasteiger partial charge < -0.3 is 14.8 Å². The zero-order valence-electron chi connectivity index (χ0n) is 14.0. The maximum absolute atomic E-state index is 12.1. The van der Waals surface area contributed by atoms with E-state index in [0.717, 1.165) is 5.56 Å². The van der Waals surface area contributed by atoms with E-state index >= 15 is 0 Å². The van der Waals surface area contributed by atoms with Crippen molar-refractivity contribution in [1.29, 1.82) is 5.26 Å². The summed E-state index contributed by atoms with van der Waals surface area (Å²) in [5, 5.41) is 11.5.